The lowest BCUT2D eigenvalue weighted by Crippen LogP contribution is -2.38. The average Bonchev–Trinajstić information content (AvgIpc) is 2.68. The van der Waals surface area contributed by atoms with Crippen LogP contribution in [0.5, 0.6) is 0 Å². The first-order chi connectivity index (χ1) is 12.3. The minimum absolute atomic E-state index is 0.719. The topological polar surface area (TPSA) is 39.5 Å². The highest BCUT2D eigenvalue weighted by atomic mass is 32.2. The fourth-order valence-corrected chi connectivity index (χ4v) is 4.49. The molecule has 0 unspecified atom stereocenters. The molecule has 2 aliphatic heterocycles. The standard InChI is InChI=1S/C20H21N3OS/c21-15-16-6-7-20-18(14-16)23(17-4-1-2-5-19(17)25-20)9-3-8-22-10-12-24-13-11-22/h1-2,4-7,14H,3,8-13H2. The Morgan fingerprint density at radius 2 is 1.80 bits per heavy atom. The Labute approximate surface area is 153 Å². The summed E-state index contributed by atoms with van der Waals surface area (Å²) in [5, 5.41) is 9.27. The van der Waals surface area contributed by atoms with E-state index in [4.69, 9.17) is 4.74 Å². The third kappa shape index (κ3) is 3.52. The number of anilines is 2. The summed E-state index contributed by atoms with van der Waals surface area (Å²) in [6.07, 6.45) is 1.09. The predicted molar refractivity (Wildman–Crippen MR) is 101 cm³/mol. The molecule has 0 amide bonds. The van der Waals surface area contributed by atoms with Crippen molar-refractivity contribution in [2.45, 2.75) is 16.2 Å². The molecule has 2 aliphatic rings. The van der Waals surface area contributed by atoms with Crippen LogP contribution in [0.25, 0.3) is 0 Å². The summed E-state index contributed by atoms with van der Waals surface area (Å²) in [6, 6.07) is 16.8. The van der Waals surface area contributed by atoms with E-state index < -0.39 is 0 Å². The summed E-state index contributed by atoms with van der Waals surface area (Å²) >= 11 is 1.79. The maximum absolute atomic E-state index is 9.27. The maximum atomic E-state index is 9.27. The van der Waals surface area contributed by atoms with Crippen LogP contribution in [-0.2, 0) is 4.74 Å². The highest BCUT2D eigenvalue weighted by Gasteiger charge is 2.23. The van der Waals surface area contributed by atoms with Gasteiger partial charge in [0.2, 0.25) is 0 Å². The summed E-state index contributed by atoms with van der Waals surface area (Å²) in [5.41, 5.74) is 3.12. The van der Waals surface area contributed by atoms with Gasteiger partial charge < -0.3 is 9.64 Å². The molecule has 4 rings (SSSR count). The second-order valence-corrected chi connectivity index (χ2v) is 7.41. The molecule has 0 bridgehead atoms. The Balaban J connectivity index is 1.56. The summed E-state index contributed by atoms with van der Waals surface area (Å²) < 4.78 is 5.43. The van der Waals surface area contributed by atoms with Crippen LogP contribution < -0.4 is 4.90 Å². The first-order valence-corrected chi connectivity index (χ1v) is 9.55. The Hall–Kier alpha value is -2.00. The zero-order valence-electron chi connectivity index (χ0n) is 14.1. The minimum atomic E-state index is 0.719. The van der Waals surface area contributed by atoms with Crippen molar-refractivity contribution in [1.29, 1.82) is 5.26 Å². The van der Waals surface area contributed by atoms with Crippen molar-refractivity contribution in [2.24, 2.45) is 0 Å². The van der Waals surface area contributed by atoms with Gasteiger partial charge in [0.15, 0.2) is 0 Å². The molecule has 2 heterocycles. The van der Waals surface area contributed by atoms with Crippen molar-refractivity contribution in [1.82, 2.24) is 4.90 Å². The number of morpholine rings is 1. The van der Waals surface area contributed by atoms with Crippen LogP contribution in [0, 0.1) is 11.3 Å². The number of nitrogens with zero attached hydrogens (tertiary/aromatic N) is 3. The van der Waals surface area contributed by atoms with E-state index in [-0.39, 0.29) is 0 Å². The summed E-state index contributed by atoms with van der Waals surface area (Å²) in [6.45, 7) is 5.79. The van der Waals surface area contributed by atoms with Crippen LogP contribution in [0.4, 0.5) is 11.4 Å². The van der Waals surface area contributed by atoms with E-state index in [0.717, 1.165) is 57.1 Å². The second-order valence-electron chi connectivity index (χ2n) is 6.32. The number of fused-ring (bicyclic) bond motifs is 2. The minimum Gasteiger partial charge on any atom is -0.379 e. The molecule has 0 spiro atoms. The van der Waals surface area contributed by atoms with E-state index in [0.29, 0.717) is 0 Å². The molecular weight excluding hydrogens is 330 g/mol. The normalized spacial score (nSPS) is 16.8. The third-order valence-electron chi connectivity index (χ3n) is 4.71. The number of ether oxygens (including phenoxy) is 1. The number of nitriles is 1. The first kappa shape index (κ1) is 16.5. The molecular formula is C20H21N3OS. The zero-order valence-corrected chi connectivity index (χ0v) is 15.0. The summed E-state index contributed by atoms with van der Waals surface area (Å²) in [4.78, 5) is 7.36. The first-order valence-electron chi connectivity index (χ1n) is 8.74. The van der Waals surface area contributed by atoms with Gasteiger partial charge >= 0.3 is 0 Å². The number of rotatable bonds is 4. The predicted octanol–water partition coefficient (Wildman–Crippen LogP) is 3.88. The van der Waals surface area contributed by atoms with E-state index in [1.807, 2.05) is 12.1 Å². The van der Waals surface area contributed by atoms with E-state index in [2.05, 4.69) is 46.2 Å². The smallest absolute Gasteiger partial charge is 0.0992 e. The van der Waals surface area contributed by atoms with Gasteiger partial charge in [-0.25, -0.2) is 0 Å². The molecule has 25 heavy (non-hydrogen) atoms. The lowest BCUT2D eigenvalue weighted by Gasteiger charge is -2.34. The molecule has 2 aromatic rings. The van der Waals surface area contributed by atoms with Crippen LogP contribution in [-0.4, -0.2) is 44.3 Å². The third-order valence-corrected chi connectivity index (χ3v) is 5.84. The Kier molecular flexibility index (Phi) is 4.93. The number of hydrogen-bond acceptors (Lipinski definition) is 5. The van der Waals surface area contributed by atoms with Gasteiger partial charge in [-0.3, -0.25) is 4.90 Å². The Morgan fingerprint density at radius 3 is 2.64 bits per heavy atom. The van der Waals surface area contributed by atoms with Crippen molar-refractivity contribution >= 4 is 23.1 Å². The van der Waals surface area contributed by atoms with E-state index in [1.165, 1.54) is 15.5 Å². The van der Waals surface area contributed by atoms with Crippen LogP contribution >= 0.6 is 11.8 Å². The molecule has 0 atom stereocenters. The Morgan fingerprint density at radius 1 is 1.00 bits per heavy atom. The van der Waals surface area contributed by atoms with Gasteiger partial charge in [0, 0.05) is 36.0 Å². The van der Waals surface area contributed by atoms with Crippen molar-refractivity contribution in [2.75, 3.05) is 44.3 Å². The number of para-hydroxylation sites is 1. The van der Waals surface area contributed by atoms with Crippen LogP contribution in [0.2, 0.25) is 0 Å². The molecule has 0 N–H and O–H groups in total. The van der Waals surface area contributed by atoms with E-state index >= 15 is 0 Å². The van der Waals surface area contributed by atoms with Gasteiger partial charge in [-0.1, -0.05) is 23.9 Å². The van der Waals surface area contributed by atoms with Gasteiger partial charge in [-0.15, -0.1) is 0 Å². The van der Waals surface area contributed by atoms with Crippen LogP contribution in [0.1, 0.15) is 12.0 Å². The number of hydrogen-bond donors (Lipinski definition) is 0. The molecule has 1 saturated heterocycles. The quantitative estimate of drug-likeness (QED) is 0.836. The monoisotopic (exact) mass is 351 g/mol. The summed E-state index contributed by atoms with van der Waals surface area (Å²) in [7, 11) is 0. The van der Waals surface area contributed by atoms with Gasteiger partial charge in [0.25, 0.3) is 0 Å². The lowest BCUT2D eigenvalue weighted by atomic mass is 10.1. The molecule has 0 aromatic heterocycles. The van der Waals surface area contributed by atoms with E-state index in [9.17, 15) is 5.26 Å². The molecule has 0 aliphatic carbocycles. The zero-order chi connectivity index (χ0) is 17.1. The van der Waals surface area contributed by atoms with Crippen LogP contribution in [0.3, 0.4) is 0 Å². The molecule has 5 heteroatoms. The molecule has 1 fully saturated rings. The van der Waals surface area contributed by atoms with Crippen molar-refractivity contribution < 1.29 is 4.74 Å². The Bertz CT molecular complexity index is 796. The fourth-order valence-electron chi connectivity index (χ4n) is 3.42. The fraction of sp³-hybridized carbons (Fsp3) is 0.350. The molecule has 2 aromatic carbocycles. The van der Waals surface area contributed by atoms with Gasteiger partial charge in [0.1, 0.15) is 0 Å². The molecule has 128 valence electrons. The van der Waals surface area contributed by atoms with Gasteiger partial charge in [-0.05, 0) is 36.8 Å². The SMILES string of the molecule is N#Cc1ccc2c(c1)N(CCCN1CCOCC1)c1ccccc1S2. The summed E-state index contributed by atoms with van der Waals surface area (Å²) in [5.74, 6) is 0. The lowest BCUT2D eigenvalue weighted by molar-refractivity contribution is 0.0377. The van der Waals surface area contributed by atoms with Gasteiger partial charge in [-0.2, -0.15) is 5.26 Å². The second kappa shape index (κ2) is 7.49. The van der Waals surface area contributed by atoms with Crippen LogP contribution in [0.15, 0.2) is 52.3 Å². The molecule has 4 nitrogen and oxygen atoms in total. The number of benzene rings is 2. The van der Waals surface area contributed by atoms with Crippen molar-refractivity contribution in [3.05, 3.63) is 48.0 Å². The van der Waals surface area contributed by atoms with Crippen molar-refractivity contribution in [3.8, 4) is 6.07 Å². The maximum Gasteiger partial charge on any atom is 0.0992 e. The van der Waals surface area contributed by atoms with E-state index in [1.54, 1.807) is 11.8 Å². The molecule has 0 saturated carbocycles. The highest BCUT2D eigenvalue weighted by Crippen LogP contribution is 2.48. The highest BCUT2D eigenvalue weighted by molar-refractivity contribution is 7.99. The molecule has 0 radical (unpaired) electrons. The van der Waals surface area contributed by atoms with Crippen molar-refractivity contribution in [3.63, 3.8) is 0 Å². The largest absolute Gasteiger partial charge is 0.379 e. The van der Waals surface area contributed by atoms with Gasteiger partial charge in [0.05, 0.1) is 36.2 Å². The average molecular weight is 351 g/mol.